The summed E-state index contributed by atoms with van der Waals surface area (Å²) in [5, 5.41) is 10.7. The summed E-state index contributed by atoms with van der Waals surface area (Å²) in [4.78, 5) is 23.7. The minimum atomic E-state index is -0.777. The number of esters is 1. The fraction of sp³-hybridized carbons (Fsp3) is 0.647. The van der Waals surface area contributed by atoms with Crippen LogP contribution in [0.4, 0.5) is 0 Å². The molecular weight excluding hydrogens is 268 g/mol. The van der Waals surface area contributed by atoms with E-state index in [4.69, 9.17) is 4.74 Å². The largest absolute Gasteiger partial charge is 0.465 e. The average molecular weight is 290 g/mol. The highest BCUT2D eigenvalue weighted by Gasteiger charge is 2.59. The van der Waals surface area contributed by atoms with E-state index in [1.165, 1.54) is 6.92 Å². The van der Waals surface area contributed by atoms with Crippen LogP contribution in [0.5, 0.6) is 0 Å². The number of fused-ring (bicyclic) bond motifs is 1. The van der Waals surface area contributed by atoms with Crippen molar-refractivity contribution >= 4 is 11.8 Å². The minimum Gasteiger partial charge on any atom is -0.465 e. The van der Waals surface area contributed by atoms with Crippen LogP contribution in [0.1, 0.15) is 40.5 Å². The van der Waals surface area contributed by atoms with E-state index < -0.39 is 11.5 Å². The van der Waals surface area contributed by atoms with Gasteiger partial charge >= 0.3 is 5.97 Å². The summed E-state index contributed by atoms with van der Waals surface area (Å²) < 4.78 is 5.09. The van der Waals surface area contributed by atoms with Crippen LogP contribution in [0.25, 0.3) is 0 Å². The molecule has 21 heavy (non-hydrogen) atoms. The van der Waals surface area contributed by atoms with Crippen molar-refractivity contribution in [1.82, 2.24) is 0 Å². The second-order valence-corrected chi connectivity index (χ2v) is 7.03. The molecule has 114 valence electrons. The Hall–Kier alpha value is -1.42. The summed E-state index contributed by atoms with van der Waals surface area (Å²) in [6, 6.07) is 0. The molecule has 3 rings (SSSR count). The number of Topliss-reactive ketones (excluding diaryl/α,β-unsaturated/α-hetero) is 1. The second-order valence-electron chi connectivity index (χ2n) is 7.03. The highest BCUT2D eigenvalue weighted by molar-refractivity contribution is 6.05. The zero-order valence-electron chi connectivity index (χ0n) is 13.0. The lowest BCUT2D eigenvalue weighted by atomic mass is 9.70. The predicted octanol–water partition coefficient (Wildman–Crippen LogP) is 2.17. The molecule has 1 fully saturated rings. The van der Waals surface area contributed by atoms with E-state index in [-0.39, 0.29) is 29.7 Å². The smallest absolute Gasteiger partial charge is 0.302 e. The van der Waals surface area contributed by atoms with Gasteiger partial charge in [-0.15, -0.1) is 0 Å². The molecule has 0 aromatic rings. The summed E-state index contributed by atoms with van der Waals surface area (Å²) in [5.74, 6) is -0.268. The molecule has 0 aliphatic heterocycles. The van der Waals surface area contributed by atoms with Crippen molar-refractivity contribution in [3.63, 3.8) is 0 Å². The lowest BCUT2D eigenvalue weighted by molar-refractivity contribution is -0.144. The number of allylic oxidation sites excluding steroid dienone is 1. The van der Waals surface area contributed by atoms with Crippen molar-refractivity contribution < 1.29 is 19.4 Å². The number of aliphatic hydroxyl groups excluding tert-OH is 1. The maximum Gasteiger partial charge on any atom is 0.302 e. The Morgan fingerprint density at radius 3 is 2.62 bits per heavy atom. The molecule has 2 unspecified atom stereocenters. The van der Waals surface area contributed by atoms with Gasteiger partial charge in [0, 0.05) is 23.8 Å². The van der Waals surface area contributed by atoms with Crippen molar-refractivity contribution in [3.05, 3.63) is 22.8 Å². The SMILES string of the molecule is CC(=O)OCC1(C)C=C2C(=O)[C@@H](C)C3(CC3)C(C)=C2C1O. The lowest BCUT2D eigenvalue weighted by Crippen LogP contribution is -2.36. The Bertz CT molecular complexity index is 594. The molecule has 1 N–H and O–H groups in total. The van der Waals surface area contributed by atoms with Gasteiger partial charge in [-0.05, 0) is 32.3 Å². The number of ketones is 1. The predicted molar refractivity (Wildman–Crippen MR) is 77.4 cm³/mol. The van der Waals surface area contributed by atoms with Gasteiger partial charge in [0.25, 0.3) is 0 Å². The van der Waals surface area contributed by atoms with E-state index in [0.717, 1.165) is 24.0 Å². The molecule has 0 aromatic heterocycles. The van der Waals surface area contributed by atoms with Crippen molar-refractivity contribution in [3.8, 4) is 0 Å². The number of carbonyl (C=O) groups excluding carboxylic acids is 2. The van der Waals surface area contributed by atoms with Gasteiger partial charge in [0.1, 0.15) is 6.61 Å². The monoisotopic (exact) mass is 290 g/mol. The van der Waals surface area contributed by atoms with Gasteiger partial charge in [-0.3, -0.25) is 9.59 Å². The van der Waals surface area contributed by atoms with Crippen LogP contribution >= 0.6 is 0 Å². The molecule has 4 nitrogen and oxygen atoms in total. The van der Waals surface area contributed by atoms with Crippen LogP contribution < -0.4 is 0 Å². The highest BCUT2D eigenvalue weighted by Crippen LogP contribution is 2.63. The number of aliphatic hydroxyl groups is 1. The van der Waals surface area contributed by atoms with Gasteiger partial charge in [0.05, 0.1) is 11.5 Å². The number of rotatable bonds is 2. The van der Waals surface area contributed by atoms with E-state index >= 15 is 0 Å². The third-order valence-corrected chi connectivity index (χ3v) is 5.68. The third-order valence-electron chi connectivity index (χ3n) is 5.68. The second kappa shape index (κ2) is 4.29. The molecule has 1 spiro atoms. The Morgan fingerprint density at radius 2 is 2.10 bits per heavy atom. The Kier molecular flexibility index (Phi) is 2.97. The molecule has 4 heteroatoms. The molecule has 0 bridgehead atoms. The van der Waals surface area contributed by atoms with Crippen LogP contribution in [0.2, 0.25) is 0 Å². The molecule has 0 radical (unpaired) electrons. The van der Waals surface area contributed by atoms with Crippen molar-refractivity contribution in [2.45, 2.75) is 46.6 Å². The van der Waals surface area contributed by atoms with E-state index in [1.54, 1.807) is 0 Å². The fourth-order valence-electron chi connectivity index (χ4n) is 3.97. The highest BCUT2D eigenvalue weighted by atomic mass is 16.5. The van der Waals surface area contributed by atoms with Crippen LogP contribution in [0.3, 0.4) is 0 Å². The van der Waals surface area contributed by atoms with E-state index in [9.17, 15) is 14.7 Å². The molecule has 0 amide bonds. The molecule has 3 atom stereocenters. The normalized spacial score (nSPS) is 36.6. The molecule has 0 saturated heterocycles. The van der Waals surface area contributed by atoms with Crippen LogP contribution in [0, 0.1) is 16.7 Å². The number of carbonyl (C=O) groups is 2. The summed E-state index contributed by atoms with van der Waals surface area (Å²) in [5.41, 5.74) is 1.83. The first kappa shape index (κ1) is 14.5. The molecule has 3 aliphatic carbocycles. The number of hydrogen-bond acceptors (Lipinski definition) is 4. The standard InChI is InChI=1S/C17H22O4/c1-9-13-12(14(19)10(2)17(9)5-6-17)7-16(4,15(13)20)8-21-11(3)18/h7,10,15,20H,5-6,8H2,1-4H3/t10-,15?,16?/m1/s1. The van der Waals surface area contributed by atoms with Gasteiger partial charge in [-0.2, -0.15) is 0 Å². The van der Waals surface area contributed by atoms with E-state index in [2.05, 4.69) is 0 Å². The molecule has 0 heterocycles. The fourth-order valence-corrected chi connectivity index (χ4v) is 3.97. The topological polar surface area (TPSA) is 63.6 Å². The lowest BCUT2D eigenvalue weighted by Gasteiger charge is -2.34. The quantitative estimate of drug-likeness (QED) is 0.792. The zero-order valence-corrected chi connectivity index (χ0v) is 13.0. The zero-order chi connectivity index (χ0) is 15.6. The third kappa shape index (κ3) is 1.85. The summed E-state index contributed by atoms with van der Waals surface area (Å²) in [7, 11) is 0. The maximum absolute atomic E-state index is 12.7. The van der Waals surface area contributed by atoms with Gasteiger partial charge in [0.2, 0.25) is 0 Å². The van der Waals surface area contributed by atoms with Crippen molar-refractivity contribution in [2.75, 3.05) is 6.61 Å². The summed E-state index contributed by atoms with van der Waals surface area (Å²) in [6.07, 6.45) is 3.08. The first-order valence-corrected chi connectivity index (χ1v) is 7.53. The number of ether oxygens (including phenoxy) is 1. The molecule has 1 saturated carbocycles. The molecular formula is C17H22O4. The first-order valence-electron chi connectivity index (χ1n) is 7.53. The summed E-state index contributed by atoms with van der Waals surface area (Å²) >= 11 is 0. The van der Waals surface area contributed by atoms with Gasteiger partial charge in [-0.1, -0.05) is 18.6 Å². The van der Waals surface area contributed by atoms with Gasteiger partial charge in [-0.25, -0.2) is 0 Å². The van der Waals surface area contributed by atoms with E-state index in [0.29, 0.717) is 5.57 Å². The Morgan fingerprint density at radius 1 is 1.48 bits per heavy atom. The van der Waals surface area contributed by atoms with Gasteiger partial charge in [0.15, 0.2) is 5.78 Å². The molecule has 3 aliphatic rings. The van der Waals surface area contributed by atoms with Gasteiger partial charge < -0.3 is 9.84 Å². The van der Waals surface area contributed by atoms with Crippen LogP contribution in [-0.2, 0) is 14.3 Å². The number of hydrogen-bond donors (Lipinski definition) is 1. The average Bonchev–Trinajstić information content (AvgIpc) is 3.18. The summed E-state index contributed by atoms with van der Waals surface area (Å²) in [6.45, 7) is 7.31. The minimum absolute atomic E-state index is 0.0178. The maximum atomic E-state index is 12.7. The van der Waals surface area contributed by atoms with Crippen molar-refractivity contribution in [2.24, 2.45) is 16.7 Å². The first-order chi connectivity index (χ1) is 9.73. The Labute approximate surface area is 124 Å². The Balaban J connectivity index is 2.03. The van der Waals surface area contributed by atoms with Crippen LogP contribution in [0.15, 0.2) is 22.8 Å². The van der Waals surface area contributed by atoms with E-state index in [1.807, 2.05) is 26.8 Å². The van der Waals surface area contributed by atoms with Crippen LogP contribution in [-0.4, -0.2) is 29.6 Å². The molecule has 0 aromatic carbocycles. The van der Waals surface area contributed by atoms with Crippen molar-refractivity contribution in [1.29, 1.82) is 0 Å².